The van der Waals surface area contributed by atoms with Crippen LogP contribution in [0.3, 0.4) is 0 Å². The summed E-state index contributed by atoms with van der Waals surface area (Å²) in [6, 6.07) is 16.6. The highest BCUT2D eigenvalue weighted by Gasteiger charge is 2.46. The molecule has 0 radical (unpaired) electrons. The predicted octanol–water partition coefficient (Wildman–Crippen LogP) is 2.11. The van der Waals surface area contributed by atoms with Gasteiger partial charge in [0.1, 0.15) is 11.8 Å². The second-order valence-corrected chi connectivity index (χ2v) is 4.79. The molecule has 1 saturated heterocycles. The van der Waals surface area contributed by atoms with Crippen molar-refractivity contribution in [2.75, 3.05) is 12.0 Å². The van der Waals surface area contributed by atoms with E-state index in [9.17, 15) is 4.79 Å². The number of para-hydroxylation sites is 1. The smallest absolute Gasteiger partial charge is 0.247 e. The zero-order valence-electron chi connectivity index (χ0n) is 11.2. The number of hydrogen-bond donors (Lipinski definition) is 1. The molecule has 0 bridgehead atoms. The van der Waals surface area contributed by atoms with Gasteiger partial charge >= 0.3 is 0 Å². The number of nitrogens with zero attached hydrogens (tertiary/aromatic N) is 1. The summed E-state index contributed by atoms with van der Waals surface area (Å²) in [6.07, 6.45) is 0. The van der Waals surface area contributed by atoms with Crippen LogP contribution in [0.15, 0.2) is 54.6 Å². The van der Waals surface area contributed by atoms with Gasteiger partial charge in [-0.25, -0.2) is 0 Å². The molecule has 1 aliphatic rings. The van der Waals surface area contributed by atoms with Crippen molar-refractivity contribution in [1.29, 1.82) is 0 Å². The Morgan fingerprint density at radius 3 is 2.55 bits per heavy atom. The molecule has 1 fully saturated rings. The van der Waals surface area contributed by atoms with E-state index in [4.69, 9.17) is 10.5 Å². The number of ether oxygens (including phenoxy) is 1. The Morgan fingerprint density at radius 2 is 1.85 bits per heavy atom. The number of amides is 1. The lowest BCUT2D eigenvalue weighted by molar-refractivity contribution is -0.126. The Balaban J connectivity index is 1.97. The summed E-state index contributed by atoms with van der Waals surface area (Å²) in [7, 11) is 1.62. The summed E-state index contributed by atoms with van der Waals surface area (Å²) < 4.78 is 5.23. The van der Waals surface area contributed by atoms with Crippen molar-refractivity contribution in [3.63, 3.8) is 0 Å². The first kappa shape index (κ1) is 12.7. The predicted molar refractivity (Wildman–Crippen MR) is 77.6 cm³/mol. The fourth-order valence-electron chi connectivity index (χ4n) is 2.57. The monoisotopic (exact) mass is 268 g/mol. The maximum absolute atomic E-state index is 12.1. The number of methoxy groups -OCH3 is 1. The number of anilines is 1. The molecular weight excluding hydrogens is 252 g/mol. The maximum Gasteiger partial charge on any atom is 0.247 e. The minimum atomic E-state index is -0.498. The van der Waals surface area contributed by atoms with Gasteiger partial charge in [0.25, 0.3) is 0 Å². The third kappa shape index (κ3) is 1.94. The molecule has 0 aromatic heterocycles. The van der Waals surface area contributed by atoms with Crippen LogP contribution in [0.1, 0.15) is 11.6 Å². The van der Waals surface area contributed by atoms with Crippen LogP contribution in [-0.2, 0) is 4.79 Å². The summed E-state index contributed by atoms with van der Waals surface area (Å²) in [4.78, 5) is 13.8. The van der Waals surface area contributed by atoms with E-state index >= 15 is 0 Å². The first-order chi connectivity index (χ1) is 9.72. The molecule has 0 aliphatic carbocycles. The van der Waals surface area contributed by atoms with Gasteiger partial charge in [-0.05, 0) is 29.8 Å². The Labute approximate surface area is 117 Å². The molecule has 102 valence electrons. The minimum Gasteiger partial charge on any atom is -0.497 e. The van der Waals surface area contributed by atoms with Crippen molar-refractivity contribution < 1.29 is 9.53 Å². The van der Waals surface area contributed by atoms with Crippen LogP contribution in [0.5, 0.6) is 5.75 Å². The zero-order chi connectivity index (χ0) is 14.1. The zero-order valence-corrected chi connectivity index (χ0v) is 11.2. The summed E-state index contributed by atoms with van der Waals surface area (Å²) in [6.45, 7) is 0. The molecule has 2 unspecified atom stereocenters. The van der Waals surface area contributed by atoms with Crippen LogP contribution >= 0.6 is 0 Å². The quantitative estimate of drug-likeness (QED) is 0.867. The van der Waals surface area contributed by atoms with E-state index in [-0.39, 0.29) is 11.9 Å². The SMILES string of the molecule is COc1cccc(C2C(N)C(=O)N2c2ccccc2)c1. The van der Waals surface area contributed by atoms with Crippen LogP contribution < -0.4 is 15.4 Å². The molecule has 4 nitrogen and oxygen atoms in total. The highest BCUT2D eigenvalue weighted by molar-refractivity contribution is 6.05. The first-order valence-electron chi connectivity index (χ1n) is 6.50. The largest absolute Gasteiger partial charge is 0.497 e. The van der Waals surface area contributed by atoms with E-state index in [1.807, 2.05) is 54.6 Å². The van der Waals surface area contributed by atoms with Crippen molar-refractivity contribution in [2.24, 2.45) is 5.73 Å². The molecule has 2 N–H and O–H groups in total. The molecule has 1 amide bonds. The van der Waals surface area contributed by atoms with E-state index in [1.165, 1.54) is 0 Å². The summed E-state index contributed by atoms with van der Waals surface area (Å²) in [5.41, 5.74) is 7.84. The Kier molecular flexibility index (Phi) is 3.16. The molecule has 0 saturated carbocycles. The highest BCUT2D eigenvalue weighted by Crippen LogP contribution is 2.38. The Hall–Kier alpha value is -2.33. The van der Waals surface area contributed by atoms with Gasteiger partial charge in [0, 0.05) is 5.69 Å². The lowest BCUT2D eigenvalue weighted by Crippen LogP contribution is -2.63. The molecule has 3 rings (SSSR count). The van der Waals surface area contributed by atoms with Crippen LogP contribution in [0.4, 0.5) is 5.69 Å². The topological polar surface area (TPSA) is 55.6 Å². The lowest BCUT2D eigenvalue weighted by atomic mass is 9.88. The lowest BCUT2D eigenvalue weighted by Gasteiger charge is -2.45. The number of nitrogens with two attached hydrogens (primary N) is 1. The van der Waals surface area contributed by atoms with Gasteiger partial charge in [-0.15, -0.1) is 0 Å². The molecule has 2 aromatic rings. The fraction of sp³-hybridized carbons (Fsp3) is 0.188. The van der Waals surface area contributed by atoms with Crippen molar-refractivity contribution in [1.82, 2.24) is 0 Å². The number of carbonyl (C=O) groups is 1. The van der Waals surface area contributed by atoms with Gasteiger partial charge in [0.05, 0.1) is 13.2 Å². The van der Waals surface area contributed by atoms with Gasteiger partial charge in [-0.1, -0.05) is 30.3 Å². The van der Waals surface area contributed by atoms with Gasteiger partial charge in [-0.3, -0.25) is 4.79 Å². The highest BCUT2D eigenvalue weighted by atomic mass is 16.5. The molecule has 20 heavy (non-hydrogen) atoms. The second-order valence-electron chi connectivity index (χ2n) is 4.79. The Morgan fingerprint density at radius 1 is 1.10 bits per heavy atom. The van der Waals surface area contributed by atoms with Gasteiger partial charge < -0.3 is 15.4 Å². The maximum atomic E-state index is 12.1. The van der Waals surface area contributed by atoms with Crippen molar-refractivity contribution >= 4 is 11.6 Å². The van der Waals surface area contributed by atoms with E-state index in [2.05, 4.69) is 0 Å². The average Bonchev–Trinajstić information content (AvgIpc) is 2.52. The number of rotatable bonds is 3. The summed E-state index contributed by atoms with van der Waals surface area (Å²) in [5.74, 6) is 0.714. The van der Waals surface area contributed by atoms with Crippen molar-refractivity contribution in [3.8, 4) is 5.75 Å². The van der Waals surface area contributed by atoms with E-state index in [0.29, 0.717) is 0 Å². The molecule has 1 heterocycles. The third-order valence-electron chi connectivity index (χ3n) is 3.61. The van der Waals surface area contributed by atoms with Crippen LogP contribution in [-0.4, -0.2) is 19.1 Å². The number of β-lactam (4-membered cyclic amide) rings is 1. The fourth-order valence-corrected chi connectivity index (χ4v) is 2.57. The van der Waals surface area contributed by atoms with Crippen LogP contribution in [0.2, 0.25) is 0 Å². The average molecular weight is 268 g/mol. The molecule has 1 aliphatic heterocycles. The number of hydrogen-bond acceptors (Lipinski definition) is 3. The van der Waals surface area contributed by atoms with E-state index < -0.39 is 6.04 Å². The summed E-state index contributed by atoms with van der Waals surface area (Å²) >= 11 is 0. The van der Waals surface area contributed by atoms with Crippen molar-refractivity contribution in [3.05, 3.63) is 60.2 Å². The van der Waals surface area contributed by atoms with Crippen LogP contribution in [0.25, 0.3) is 0 Å². The Bertz CT molecular complexity index is 627. The van der Waals surface area contributed by atoms with E-state index in [0.717, 1.165) is 17.0 Å². The standard InChI is InChI=1S/C16H16N2O2/c1-20-13-9-5-6-11(10-13)15-14(17)16(19)18(15)12-7-3-2-4-8-12/h2-10,14-15H,17H2,1H3. The van der Waals surface area contributed by atoms with Gasteiger partial charge in [-0.2, -0.15) is 0 Å². The third-order valence-corrected chi connectivity index (χ3v) is 3.61. The number of carbonyl (C=O) groups excluding carboxylic acids is 1. The molecule has 4 heteroatoms. The first-order valence-corrected chi connectivity index (χ1v) is 6.50. The van der Waals surface area contributed by atoms with Gasteiger partial charge in [0.2, 0.25) is 5.91 Å². The van der Waals surface area contributed by atoms with Crippen molar-refractivity contribution in [2.45, 2.75) is 12.1 Å². The van der Waals surface area contributed by atoms with E-state index in [1.54, 1.807) is 12.0 Å². The van der Waals surface area contributed by atoms with Gasteiger partial charge in [0.15, 0.2) is 0 Å². The summed E-state index contributed by atoms with van der Waals surface area (Å²) in [5, 5.41) is 0. The molecule has 2 atom stereocenters. The normalized spacial score (nSPS) is 21.5. The second kappa shape index (κ2) is 4.98. The van der Waals surface area contributed by atoms with Crippen LogP contribution in [0, 0.1) is 0 Å². The molecule has 2 aromatic carbocycles. The minimum absolute atomic E-state index is 0.0518. The number of benzene rings is 2. The molecular formula is C16H16N2O2. The molecule has 0 spiro atoms.